The molecule has 0 unspecified atom stereocenters. The Morgan fingerprint density at radius 2 is 1.96 bits per heavy atom. The summed E-state index contributed by atoms with van der Waals surface area (Å²) in [4.78, 5) is 27.1. The molecule has 0 aromatic carbocycles. The first kappa shape index (κ1) is 16.9. The second-order valence-electron chi connectivity index (χ2n) is 5.27. The minimum atomic E-state index is -0.203. The van der Waals surface area contributed by atoms with Crippen molar-refractivity contribution in [1.29, 1.82) is 0 Å². The van der Waals surface area contributed by atoms with Crippen LogP contribution in [0.15, 0.2) is 36.8 Å². The molecular formula is C17H23N5O. The Labute approximate surface area is 137 Å². The molecule has 2 aromatic rings. The normalized spacial score (nSPS) is 10.3. The van der Waals surface area contributed by atoms with Crippen LogP contribution >= 0.6 is 0 Å². The van der Waals surface area contributed by atoms with Gasteiger partial charge in [0.05, 0.1) is 0 Å². The molecule has 0 spiro atoms. The third-order valence-corrected chi connectivity index (χ3v) is 3.32. The van der Waals surface area contributed by atoms with Crippen LogP contribution in [0.3, 0.4) is 0 Å². The van der Waals surface area contributed by atoms with Gasteiger partial charge in [-0.3, -0.25) is 9.78 Å². The zero-order chi connectivity index (χ0) is 16.5. The van der Waals surface area contributed by atoms with E-state index in [9.17, 15) is 4.79 Å². The van der Waals surface area contributed by atoms with Gasteiger partial charge in [0.15, 0.2) is 0 Å². The average Bonchev–Trinajstić information content (AvgIpc) is 2.60. The topological polar surface area (TPSA) is 71.0 Å². The summed E-state index contributed by atoms with van der Waals surface area (Å²) in [6.07, 6.45) is 7.11. The number of amides is 1. The molecule has 0 saturated carbocycles. The van der Waals surface area contributed by atoms with Gasteiger partial charge in [0, 0.05) is 38.2 Å². The van der Waals surface area contributed by atoms with Crippen LogP contribution in [-0.4, -0.2) is 33.9 Å². The van der Waals surface area contributed by atoms with Crippen LogP contribution in [-0.2, 0) is 6.54 Å². The van der Waals surface area contributed by atoms with Gasteiger partial charge in [-0.25, -0.2) is 9.97 Å². The molecule has 1 amide bonds. The first-order valence-corrected chi connectivity index (χ1v) is 7.99. The second-order valence-corrected chi connectivity index (χ2v) is 5.27. The van der Waals surface area contributed by atoms with E-state index in [1.807, 2.05) is 12.1 Å². The van der Waals surface area contributed by atoms with Gasteiger partial charge in [-0.05, 0) is 30.5 Å². The van der Waals surface area contributed by atoms with E-state index < -0.39 is 0 Å². The van der Waals surface area contributed by atoms with E-state index in [1.54, 1.807) is 24.7 Å². The number of hydrogen-bond donors (Lipinski definition) is 1. The molecule has 2 rings (SSSR count). The van der Waals surface area contributed by atoms with Crippen LogP contribution in [0.1, 0.15) is 42.7 Å². The molecule has 23 heavy (non-hydrogen) atoms. The van der Waals surface area contributed by atoms with Crippen LogP contribution < -0.4 is 10.2 Å². The minimum absolute atomic E-state index is 0.203. The van der Waals surface area contributed by atoms with Gasteiger partial charge in [-0.1, -0.05) is 19.9 Å². The Morgan fingerprint density at radius 1 is 1.17 bits per heavy atom. The number of pyridine rings is 1. The van der Waals surface area contributed by atoms with E-state index >= 15 is 0 Å². The van der Waals surface area contributed by atoms with E-state index in [0.717, 1.165) is 31.5 Å². The molecule has 2 heterocycles. The molecule has 0 saturated heterocycles. The van der Waals surface area contributed by atoms with Gasteiger partial charge in [-0.2, -0.15) is 0 Å². The highest BCUT2D eigenvalue weighted by Crippen LogP contribution is 2.09. The van der Waals surface area contributed by atoms with Gasteiger partial charge in [0.2, 0.25) is 5.95 Å². The van der Waals surface area contributed by atoms with Crippen molar-refractivity contribution in [1.82, 2.24) is 20.3 Å². The predicted octanol–water partition coefficient (Wildman–Crippen LogP) is 2.43. The summed E-state index contributed by atoms with van der Waals surface area (Å²) in [6.45, 7) is 6.43. The molecule has 122 valence electrons. The zero-order valence-corrected chi connectivity index (χ0v) is 13.7. The van der Waals surface area contributed by atoms with E-state index in [-0.39, 0.29) is 5.91 Å². The summed E-state index contributed by atoms with van der Waals surface area (Å²) in [5, 5.41) is 2.86. The molecule has 6 nitrogen and oxygen atoms in total. The van der Waals surface area contributed by atoms with Crippen LogP contribution in [0.4, 0.5) is 5.95 Å². The Hall–Kier alpha value is -2.50. The standard InChI is InChI=1S/C17H23N5O/c1-3-10-22(11-4-2)17-19-9-7-15(21-17)16(23)20-13-14-6-5-8-18-12-14/h5-9,12H,3-4,10-11,13H2,1-2H3,(H,20,23). The summed E-state index contributed by atoms with van der Waals surface area (Å²) in [6, 6.07) is 5.40. The monoisotopic (exact) mass is 313 g/mol. The fraction of sp³-hybridized carbons (Fsp3) is 0.412. The van der Waals surface area contributed by atoms with Crippen molar-refractivity contribution in [3.63, 3.8) is 0 Å². The summed E-state index contributed by atoms with van der Waals surface area (Å²) in [5.41, 5.74) is 1.34. The highest BCUT2D eigenvalue weighted by molar-refractivity contribution is 5.92. The van der Waals surface area contributed by atoms with Crippen molar-refractivity contribution in [2.75, 3.05) is 18.0 Å². The molecule has 0 fully saturated rings. The molecule has 0 aliphatic carbocycles. The molecule has 0 radical (unpaired) electrons. The Balaban J connectivity index is 2.04. The Bertz CT molecular complexity index is 611. The number of rotatable bonds is 8. The van der Waals surface area contributed by atoms with E-state index in [2.05, 4.69) is 39.0 Å². The fourth-order valence-corrected chi connectivity index (χ4v) is 2.25. The predicted molar refractivity (Wildman–Crippen MR) is 90.2 cm³/mol. The maximum Gasteiger partial charge on any atom is 0.270 e. The average molecular weight is 313 g/mol. The Kier molecular flexibility index (Phi) is 6.47. The number of hydrogen-bond acceptors (Lipinski definition) is 5. The zero-order valence-electron chi connectivity index (χ0n) is 13.7. The van der Waals surface area contributed by atoms with E-state index in [0.29, 0.717) is 18.2 Å². The summed E-state index contributed by atoms with van der Waals surface area (Å²) >= 11 is 0. The van der Waals surface area contributed by atoms with Gasteiger partial charge in [0.25, 0.3) is 5.91 Å². The van der Waals surface area contributed by atoms with Crippen molar-refractivity contribution in [2.45, 2.75) is 33.2 Å². The molecular weight excluding hydrogens is 290 g/mol. The van der Waals surface area contributed by atoms with Gasteiger partial charge in [-0.15, -0.1) is 0 Å². The number of aromatic nitrogens is 3. The van der Waals surface area contributed by atoms with Crippen molar-refractivity contribution < 1.29 is 4.79 Å². The molecule has 2 aromatic heterocycles. The highest BCUT2D eigenvalue weighted by atomic mass is 16.1. The second kappa shape index (κ2) is 8.82. The van der Waals surface area contributed by atoms with Crippen molar-refractivity contribution >= 4 is 11.9 Å². The third-order valence-electron chi connectivity index (χ3n) is 3.32. The highest BCUT2D eigenvalue weighted by Gasteiger charge is 2.12. The number of carbonyl (C=O) groups is 1. The number of carbonyl (C=O) groups excluding carboxylic acids is 1. The summed E-state index contributed by atoms with van der Waals surface area (Å²) < 4.78 is 0. The lowest BCUT2D eigenvalue weighted by Crippen LogP contribution is -2.29. The van der Waals surface area contributed by atoms with Gasteiger partial charge in [0.1, 0.15) is 5.69 Å². The first-order valence-electron chi connectivity index (χ1n) is 7.99. The quantitative estimate of drug-likeness (QED) is 0.810. The summed E-state index contributed by atoms with van der Waals surface area (Å²) in [7, 11) is 0. The molecule has 0 aliphatic heterocycles. The number of nitrogens with zero attached hydrogens (tertiary/aromatic N) is 4. The minimum Gasteiger partial charge on any atom is -0.347 e. The molecule has 1 N–H and O–H groups in total. The van der Waals surface area contributed by atoms with Crippen LogP contribution in [0.25, 0.3) is 0 Å². The molecule has 6 heteroatoms. The van der Waals surface area contributed by atoms with Crippen LogP contribution in [0.2, 0.25) is 0 Å². The molecule has 0 atom stereocenters. The van der Waals surface area contributed by atoms with Crippen molar-refractivity contribution in [3.05, 3.63) is 48.0 Å². The first-order chi connectivity index (χ1) is 11.2. The Morgan fingerprint density at radius 3 is 2.61 bits per heavy atom. The van der Waals surface area contributed by atoms with Crippen molar-refractivity contribution in [3.8, 4) is 0 Å². The van der Waals surface area contributed by atoms with Crippen LogP contribution in [0.5, 0.6) is 0 Å². The SMILES string of the molecule is CCCN(CCC)c1nccc(C(=O)NCc2cccnc2)n1. The lowest BCUT2D eigenvalue weighted by atomic mass is 10.3. The van der Waals surface area contributed by atoms with E-state index in [1.165, 1.54) is 0 Å². The van der Waals surface area contributed by atoms with Gasteiger partial charge < -0.3 is 10.2 Å². The van der Waals surface area contributed by atoms with E-state index in [4.69, 9.17) is 0 Å². The largest absolute Gasteiger partial charge is 0.347 e. The number of anilines is 1. The lowest BCUT2D eigenvalue weighted by Gasteiger charge is -2.21. The fourth-order valence-electron chi connectivity index (χ4n) is 2.25. The van der Waals surface area contributed by atoms with Gasteiger partial charge >= 0.3 is 0 Å². The van der Waals surface area contributed by atoms with Crippen molar-refractivity contribution in [2.24, 2.45) is 0 Å². The third kappa shape index (κ3) is 5.02. The number of nitrogens with one attached hydrogen (secondary N) is 1. The van der Waals surface area contributed by atoms with Crippen LogP contribution in [0, 0.1) is 0 Å². The molecule has 0 aliphatic rings. The maximum absolute atomic E-state index is 12.3. The smallest absolute Gasteiger partial charge is 0.270 e. The molecule has 0 bridgehead atoms. The lowest BCUT2D eigenvalue weighted by molar-refractivity contribution is 0.0946. The maximum atomic E-state index is 12.3. The summed E-state index contributed by atoms with van der Waals surface area (Å²) in [5.74, 6) is 0.410.